The highest BCUT2D eigenvalue weighted by Crippen LogP contribution is 2.33. The molecule has 0 aliphatic heterocycles. The average molecular weight is 352 g/mol. The standard InChI is InChI=1S/C20H32O5/c1-2-3-6-9-15(21)12-13-17-16(18(22)14-19(17)23)10-7-4-5-8-11-20(24)25/h4,7,12-13,15-18,21-22H,2-3,5-6,8-11,14H2,1H3,(H,24,25)/b7-4+,13-12+/t15-,16+,17+,18-/m0/s1. The molecule has 3 N–H and O–H groups in total. The van der Waals surface area contributed by atoms with E-state index < -0.39 is 18.2 Å². The number of carbonyl (C=O) groups is 2. The van der Waals surface area contributed by atoms with E-state index in [1.165, 1.54) is 0 Å². The van der Waals surface area contributed by atoms with Crippen molar-refractivity contribution in [3.05, 3.63) is 24.3 Å². The normalized spacial score (nSPS) is 25.2. The van der Waals surface area contributed by atoms with Crippen molar-refractivity contribution in [1.82, 2.24) is 0 Å². The van der Waals surface area contributed by atoms with E-state index in [4.69, 9.17) is 5.11 Å². The molecule has 1 fully saturated rings. The molecule has 0 aromatic carbocycles. The van der Waals surface area contributed by atoms with Crippen LogP contribution in [-0.4, -0.2) is 39.3 Å². The maximum atomic E-state index is 12.1. The Hall–Kier alpha value is -1.46. The van der Waals surface area contributed by atoms with Gasteiger partial charge in [-0.1, -0.05) is 50.5 Å². The third-order valence-corrected chi connectivity index (χ3v) is 4.72. The Balaban J connectivity index is 2.48. The summed E-state index contributed by atoms with van der Waals surface area (Å²) in [6.07, 6.45) is 12.1. The second kappa shape index (κ2) is 12.0. The van der Waals surface area contributed by atoms with Gasteiger partial charge in [0.2, 0.25) is 0 Å². The largest absolute Gasteiger partial charge is 0.481 e. The molecule has 0 saturated heterocycles. The Bertz CT molecular complexity index is 469. The van der Waals surface area contributed by atoms with Gasteiger partial charge in [0.1, 0.15) is 5.78 Å². The van der Waals surface area contributed by atoms with Crippen LogP contribution >= 0.6 is 0 Å². The molecule has 1 aliphatic rings. The molecule has 0 radical (unpaired) electrons. The number of unbranched alkanes of at least 4 members (excludes halogenated alkanes) is 3. The first-order valence-electron chi connectivity index (χ1n) is 9.39. The van der Waals surface area contributed by atoms with Gasteiger partial charge in [0.05, 0.1) is 12.2 Å². The van der Waals surface area contributed by atoms with Crippen LogP contribution in [0.15, 0.2) is 24.3 Å². The minimum Gasteiger partial charge on any atom is -0.481 e. The van der Waals surface area contributed by atoms with Crippen molar-refractivity contribution in [1.29, 1.82) is 0 Å². The van der Waals surface area contributed by atoms with Gasteiger partial charge in [-0.15, -0.1) is 0 Å². The lowest BCUT2D eigenvalue weighted by Crippen LogP contribution is -2.19. The smallest absolute Gasteiger partial charge is 0.303 e. The zero-order valence-corrected chi connectivity index (χ0v) is 15.1. The Labute approximate surface area is 150 Å². The van der Waals surface area contributed by atoms with E-state index in [2.05, 4.69) is 6.92 Å². The van der Waals surface area contributed by atoms with Crippen LogP contribution in [0.1, 0.15) is 64.7 Å². The third-order valence-electron chi connectivity index (χ3n) is 4.72. The molecule has 5 nitrogen and oxygen atoms in total. The van der Waals surface area contributed by atoms with Gasteiger partial charge in [-0.2, -0.15) is 0 Å². The summed E-state index contributed by atoms with van der Waals surface area (Å²) >= 11 is 0. The van der Waals surface area contributed by atoms with Gasteiger partial charge in [-0.3, -0.25) is 9.59 Å². The van der Waals surface area contributed by atoms with Crippen LogP contribution < -0.4 is 0 Å². The molecule has 0 amide bonds. The van der Waals surface area contributed by atoms with Crippen molar-refractivity contribution < 1.29 is 24.9 Å². The summed E-state index contributed by atoms with van der Waals surface area (Å²) in [4.78, 5) is 22.5. The Kier molecular flexibility index (Phi) is 10.3. The molecule has 0 bridgehead atoms. The first kappa shape index (κ1) is 21.6. The summed E-state index contributed by atoms with van der Waals surface area (Å²) in [5.74, 6) is -1.29. The molecule has 4 atom stereocenters. The number of Topliss-reactive ketones (excluding diaryl/α,β-unsaturated/α-hetero) is 1. The van der Waals surface area contributed by atoms with Gasteiger partial charge in [-0.05, 0) is 25.7 Å². The van der Waals surface area contributed by atoms with E-state index in [-0.39, 0.29) is 30.5 Å². The van der Waals surface area contributed by atoms with Crippen molar-refractivity contribution in [3.8, 4) is 0 Å². The number of carbonyl (C=O) groups excluding carboxylic acids is 1. The number of hydrogen-bond acceptors (Lipinski definition) is 4. The summed E-state index contributed by atoms with van der Waals surface area (Å²) in [7, 11) is 0. The minimum atomic E-state index is -0.798. The fourth-order valence-corrected chi connectivity index (χ4v) is 3.22. The molecule has 25 heavy (non-hydrogen) atoms. The first-order chi connectivity index (χ1) is 12.0. The lowest BCUT2D eigenvalue weighted by Gasteiger charge is -2.17. The molecule has 5 heteroatoms. The van der Waals surface area contributed by atoms with E-state index in [9.17, 15) is 19.8 Å². The number of allylic oxidation sites excluding steroid dienone is 3. The van der Waals surface area contributed by atoms with Gasteiger partial charge in [0, 0.05) is 24.7 Å². The van der Waals surface area contributed by atoms with Gasteiger partial charge in [0.25, 0.3) is 0 Å². The molecule has 1 aliphatic carbocycles. The molecular formula is C20H32O5. The number of aliphatic hydroxyl groups is 2. The van der Waals surface area contributed by atoms with Crippen LogP contribution in [0.2, 0.25) is 0 Å². The molecule has 0 aromatic rings. The first-order valence-corrected chi connectivity index (χ1v) is 9.39. The van der Waals surface area contributed by atoms with E-state index in [1.54, 1.807) is 12.2 Å². The maximum absolute atomic E-state index is 12.1. The zero-order chi connectivity index (χ0) is 18.7. The molecular weight excluding hydrogens is 320 g/mol. The van der Waals surface area contributed by atoms with E-state index in [1.807, 2.05) is 12.2 Å². The fraction of sp³-hybridized carbons (Fsp3) is 0.700. The minimum absolute atomic E-state index is 0.0220. The summed E-state index contributed by atoms with van der Waals surface area (Å²) < 4.78 is 0. The van der Waals surface area contributed by atoms with Gasteiger partial charge in [-0.25, -0.2) is 0 Å². The Morgan fingerprint density at radius 1 is 1.28 bits per heavy atom. The quantitative estimate of drug-likeness (QED) is 0.370. The number of carboxylic acid groups (broad SMARTS) is 1. The monoisotopic (exact) mass is 352 g/mol. The molecule has 0 aromatic heterocycles. The van der Waals surface area contributed by atoms with E-state index in [0.29, 0.717) is 25.7 Å². The molecule has 1 saturated carbocycles. The molecule has 0 unspecified atom stereocenters. The third kappa shape index (κ3) is 8.45. The van der Waals surface area contributed by atoms with Gasteiger partial charge >= 0.3 is 5.97 Å². The summed E-state index contributed by atoms with van der Waals surface area (Å²) in [5.41, 5.74) is 0. The number of ketones is 1. The fourth-order valence-electron chi connectivity index (χ4n) is 3.22. The van der Waals surface area contributed by atoms with Gasteiger partial charge < -0.3 is 15.3 Å². The predicted octanol–water partition coefficient (Wildman–Crippen LogP) is 3.25. The summed E-state index contributed by atoms with van der Waals surface area (Å²) in [5, 5.41) is 28.7. The van der Waals surface area contributed by atoms with Crippen LogP contribution in [0.5, 0.6) is 0 Å². The number of carboxylic acids is 1. The van der Waals surface area contributed by atoms with Crippen LogP contribution in [0.25, 0.3) is 0 Å². The van der Waals surface area contributed by atoms with Crippen molar-refractivity contribution in [2.75, 3.05) is 0 Å². The highest BCUT2D eigenvalue weighted by Gasteiger charge is 2.39. The number of aliphatic carboxylic acids is 1. The van der Waals surface area contributed by atoms with Crippen molar-refractivity contribution in [3.63, 3.8) is 0 Å². The Morgan fingerprint density at radius 2 is 2.04 bits per heavy atom. The second-order valence-electron chi connectivity index (χ2n) is 6.87. The summed E-state index contributed by atoms with van der Waals surface area (Å²) in [6.45, 7) is 2.11. The van der Waals surface area contributed by atoms with E-state index in [0.717, 1.165) is 19.3 Å². The topological polar surface area (TPSA) is 94.8 Å². The maximum Gasteiger partial charge on any atom is 0.303 e. The summed E-state index contributed by atoms with van der Waals surface area (Å²) in [6, 6.07) is 0. The number of rotatable bonds is 12. The molecule has 0 spiro atoms. The highest BCUT2D eigenvalue weighted by atomic mass is 16.4. The molecule has 1 rings (SSSR count). The van der Waals surface area contributed by atoms with Crippen molar-refractivity contribution in [2.24, 2.45) is 11.8 Å². The SMILES string of the molecule is CCCCC[C@H](O)/C=C/[C@H]1C(=O)C[C@H](O)[C@@H]1C/C=C/CCCC(=O)O. The van der Waals surface area contributed by atoms with Crippen molar-refractivity contribution in [2.45, 2.75) is 76.9 Å². The molecule has 142 valence electrons. The zero-order valence-electron chi connectivity index (χ0n) is 15.1. The lowest BCUT2D eigenvalue weighted by atomic mass is 9.90. The van der Waals surface area contributed by atoms with E-state index >= 15 is 0 Å². The van der Waals surface area contributed by atoms with Crippen LogP contribution in [0.4, 0.5) is 0 Å². The second-order valence-corrected chi connectivity index (χ2v) is 6.87. The predicted molar refractivity (Wildman–Crippen MR) is 97.1 cm³/mol. The lowest BCUT2D eigenvalue weighted by molar-refractivity contribution is -0.137. The highest BCUT2D eigenvalue weighted by molar-refractivity contribution is 5.86. The van der Waals surface area contributed by atoms with Crippen LogP contribution in [0, 0.1) is 11.8 Å². The van der Waals surface area contributed by atoms with Crippen LogP contribution in [-0.2, 0) is 9.59 Å². The molecule has 0 heterocycles. The van der Waals surface area contributed by atoms with Crippen molar-refractivity contribution >= 4 is 11.8 Å². The average Bonchev–Trinajstić information content (AvgIpc) is 2.82. The van der Waals surface area contributed by atoms with Crippen LogP contribution in [0.3, 0.4) is 0 Å². The number of aliphatic hydroxyl groups excluding tert-OH is 2. The number of hydrogen-bond donors (Lipinski definition) is 3. The van der Waals surface area contributed by atoms with Gasteiger partial charge in [0.15, 0.2) is 0 Å². The Morgan fingerprint density at radius 3 is 2.72 bits per heavy atom.